The quantitative estimate of drug-likeness (QED) is 0.384. The highest BCUT2D eigenvalue weighted by Crippen LogP contribution is 2.35. The zero-order chi connectivity index (χ0) is 19.0. The van der Waals surface area contributed by atoms with Crippen LogP contribution in [0.15, 0.2) is 64.8 Å². The highest BCUT2D eigenvalue weighted by atomic mass is 16.5. The molecule has 5 heteroatoms. The SMILES string of the molecule is Cc1ccc(C(=O)Oc2ccc3c(c2)O/C(=C/c2ccc(C)o2)C3=O)cc1. The Morgan fingerprint density at radius 1 is 1.00 bits per heavy atom. The van der Waals surface area contributed by atoms with Gasteiger partial charge in [-0.15, -0.1) is 0 Å². The van der Waals surface area contributed by atoms with Gasteiger partial charge >= 0.3 is 5.97 Å². The number of hydrogen-bond acceptors (Lipinski definition) is 5. The Hall–Kier alpha value is -3.60. The van der Waals surface area contributed by atoms with Gasteiger partial charge in [0.1, 0.15) is 23.0 Å². The number of rotatable bonds is 3. The van der Waals surface area contributed by atoms with E-state index in [2.05, 4.69) is 0 Å². The molecule has 0 amide bonds. The van der Waals surface area contributed by atoms with Crippen molar-refractivity contribution in [3.63, 3.8) is 0 Å². The normalized spacial score (nSPS) is 14.1. The molecule has 1 aliphatic rings. The molecule has 0 saturated heterocycles. The fourth-order valence-electron chi connectivity index (χ4n) is 2.75. The van der Waals surface area contributed by atoms with Crippen molar-refractivity contribution in [2.75, 3.05) is 0 Å². The molecule has 5 nitrogen and oxygen atoms in total. The highest BCUT2D eigenvalue weighted by molar-refractivity contribution is 6.14. The molecule has 0 N–H and O–H groups in total. The second kappa shape index (κ2) is 6.61. The topological polar surface area (TPSA) is 65.7 Å². The van der Waals surface area contributed by atoms with E-state index in [1.165, 1.54) is 6.07 Å². The molecule has 0 bridgehead atoms. The molecule has 1 aromatic heterocycles. The van der Waals surface area contributed by atoms with E-state index in [1.54, 1.807) is 36.4 Å². The largest absolute Gasteiger partial charge is 0.462 e. The van der Waals surface area contributed by atoms with E-state index in [-0.39, 0.29) is 11.5 Å². The van der Waals surface area contributed by atoms with E-state index < -0.39 is 5.97 Å². The van der Waals surface area contributed by atoms with Crippen molar-refractivity contribution < 1.29 is 23.5 Å². The molecule has 0 atom stereocenters. The molecule has 2 heterocycles. The molecule has 0 aliphatic carbocycles. The fraction of sp³-hybridized carbons (Fsp3) is 0.0909. The lowest BCUT2D eigenvalue weighted by atomic mass is 10.1. The van der Waals surface area contributed by atoms with E-state index in [9.17, 15) is 9.59 Å². The van der Waals surface area contributed by atoms with Gasteiger partial charge in [0.05, 0.1) is 11.1 Å². The van der Waals surface area contributed by atoms with E-state index in [1.807, 2.05) is 32.0 Å². The van der Waals surface area contributed by atoms with Gasteiger partial charge in [0.25, 0.3) is 0 Å². The van der Waals surface area contributed by atoms with Gasteiger partial charge in [0, 0.05) is 12.1 Å². The van der Waals surface area contributed by atoms with Crippen molar-refractivity contribution >= 4 is 17.8 Å². The predicted molar refractivity (Wildman–Crippen MR) is 99.0 cm³/mol. The maximum Gasteiger partial charge on any atom is 0.343 e. The lowest BCUT2D eigenvalue weighted by molar-refractivity contribution is 0.0734. The minimum Gasteiger partial charge on any atom is -0.462 e. The smallest absolute Gasteiger partial charge is 0.343 e. The molecule has 134 valence electrons. The van der Waals surface area contributed by atoms with Gasteiger partial charge < -0.3 is 13.9 Å². The molecule has 0 radical (unpaired) electrons. The van der Waals surface area contributed by atoms with Crippen LogP contribution in [0.5, 0.6) is 11.5 Å². The fourth-order valence-corrected chi connectivity index (χ4v) is 2.75. The highest BCUT2D eigenvalue weighted by Gasteiger charge is 2.28. The molecule has 0 spiro atoms. The summed E-state index contributed by atoms with van der Waals surface area (Å²) in [5.74, 6) is 1.40. The first kappa shape index (κ1) is 16.8. The number of Topliss-reactive ketones (excluding diaryl/α,β-unsaturated/α-hetero) is 1. The third-order valence-corrected chi connectivity index (χ3v) is 4.17. The Morgan fingerprint density at radius 3 is 2.48 bits per heavy atom. The summed E-state index contributed by atoms with van der Waals surface area (Å²) in [6.07, 6.45) is 1.55. The van der Waals surface area contributed by atoms with Crippen molar-refractivity contribution in [3.05, 3.63) is 88.6 Å². The van der Waals surface area contributed by atoms with Crippen LogP contribution in [0.2, 0.25) is 0 Å². The molecule has 1 aliphatic heterocycles. The predicted octanol–water partition coefficient (Wildman–Crippen LogP) is 4.73. The van der Waals surface area contributed by atoms with Gasteiger partial charge in [-0.2, -0.15) is 0 Å². The van der Waals surface area contributed by atoms with Crippen LogP contribution in [0.25, 0.3) is 6.08 Å². The van der Waals surface area contributed by atoms with Crippen LogP contribution in [-0.4, -0.2) is 11.8 Å². The van der Waals surface area contributed by atoms with Crippen LogP contribution < -0.4 is 9.47 Å². The number of furan rings is 1. The standard InChI is InChI=1S/C22H16O5/c1-13-3-6-15(7-4-13)22(24)26-17-9-10-18-19(11-17)27-20(21(18)23)12-16-8-5-14(2)25-16/h3-12H,1-2H3/b20-12+. The Kier molecular flexibility index (Phi) is 4.12. The van der Waals surface area contributed by atoms with E-state index in [4.69, 9.17) is 13.9 Å². The number of fused-ring (bicyclic) bond motifs is 1. The lowest BCUT2D eigenvalue weighted by Gasteiger charge is -2.06. The van der Waals surface area contributed by atoms with Crippen LogP contribution >= 0.6 is 0 Å². The Bertz CT molecular complexity index is 1070. The number of ketones is 1. The van der Waals surface area contributed by atoms with Crippen molar-refractivity contribution in [1.82, 2.24) is 0 Å². The molecule has 4 rings (SSSR count). The van der Waals surface area contributed by atoms with Gasteiger partial charge in [0.2, 0.25) is 5.78 Å². The maximum atomic E-state index is 12.5. The monoisotopic (exact) mass is 360 g/mol. The first-order valence-electron chi connectivity index (χ1n) is 8.43. The van der Waals surface area contributed by atoms with Gasteiger partial charge in [-0.1, -0.05) is 17.7 Å². The van der Waals surface area contributed by atoms with Crippen LogP contribution in [0, 0.1) is 13.8 Å². The number of carbonyl (C=O) groups is 2. The van der Waals surface area contributed by atoms with Crippen molar-refractivity contribution in [2.24, 2.45) is 0 Å². The number of esters is 1. The molecule has 0 saturated carbocycles. The summed E-state index contributed by atoms with van der Waals surface area (Å²) in [6.45, 7) is 3.77. The van der Waals surface area contributed by atoms with Crippen molar-refractivity contribution in [1.29, 1.82) is 0 Å². The van der Waals surface area contributed by atoms with E-state index >= 15 is 0 Å². The van der Waals surface area contributed by atoms with Gasteiger partial charge in [-0.25, -0.2) is 4.79 Å². The average Bonchev–Trinajstić information content (AvgIpc) is 3.19. The number of carbonyl (C=O) groups excluding carboxylic acids is 2. The van der Waals surface area contributed by atoms with Crippen LogP contribution in [0.4, 0.5) is 0 Å². The number of allylic oxidation sites excluding steroid dienone is 1. The summed E-state index contributed by atoms with van der Waals surface area (Å²) in [7, 11) is 0. The number of benzene rings is 2. The first-order valence-corrected chi connectivity index (χ1v) is 8.43. The Morgan fingerprint density at radius 2 is 1.78 bits per heavy atom. The summed E-state index contributed by atoms with van der Waals surface area (Å²) in [4.78, 5) is 24.7. The first-order chi connectivity index (χ1) is 13.0. The summed E-state index contributed by atoms with van der Waals surface area (Å²) < 4.78 is 16.5. The van der Waals surface area contributed by atoms with Gasteiger partial charge in [0.15, 0.2) is 5.76 Å². The third-order valence-electron chi connectivity index (χ3n) is 4.17. The Balaban J connectivity index is 1.54. The zero-order valence-corrected chi connectivity index (χ0v) is 14.8. The summed E-state index contributed by atoms with van der Waals surface area (Å²) in [6, 6.07) is 15.4. The summed E-state index contributed by atoms with van der Waals surface area (Å²) in [5, 5.41) is 0. The molecular weight excluding hydrogens is 344 g/mol. The van der Waals surface area contributed by atoms with Gasteiger partial charge in [-0.05, 0) is 50.2 Å². The third kappa shape index (κ3) is 3.40. The van der Waals surface area contributed by atoms with Crippen LogP contribution in [0.3, 0.4) is 0 Å². The van der Waals surface area contributed by atoms with Crippen molar-refractivity contribution in [2.45, 2.75) is 13.8 Å². The summed E-state index contributed by atoms with van der Waals surface area (Å²) in [5.41, 5.74) is 1.92. The summed E-state index contributed by atoms with van der Waals surface area (Å²) >= 11 is 0. The average molecular weight is 360 g/mol. The number of ether oxygens (including phenoxy) is 2. The second-order valence-electron chi connectivity index (χ2n) is 6.30. The number of aryl methyl sites for hydroxylation is 2. The minimum atomic E-state index is -0.471. The Labute approximate surface area is 155 Å². The molecule has 3 aromatic rings. The minimum absolute atomic E-state index is 0.168. The van der Waals surface area contributed by atoms with Gasteiger partial charge in [-0.3, -0.25) is 4.79 Å². The van der Waals surface area contributed by atoms with Crippen LogP contribution in [-0.2, 0) is 0 Å². The second-order valence-corrected chi connectivity index (χ2v) is 6.30. The lowest BCUT2D eigenvalue weighted by Crippen LogP contribution is -2.08. The van der Waals surface area contributed by atoms with E-state index in [0.29, 0.717) is 28.4 Å². The molecule has 0 fully saturated rings. The maximum absolute atomic E-state index is 12.5. The molecule has 2 aromatic carbocycles. The van der Waals surface area contributed by atoms with Crippen molar-refractivity contribution in [3.8, 4) is 11.5 Å². The molecule has 27 heavy (non-hydrogen) atoms. The van der Waals surface area contributed by atoms with E-state index in [0.717, 1.165) is 11.3 Å². The molecule has 0 unspecified atom stereocenters. The zero-order valence-electron chi connectivity index (χ0n) is 14.8. The number of hydrogen-bond donors (Lipinski definition) is 0. The molecular formula is C22H16O5. The van der Waals surface area contributed by atoms with Crippen LogP contribution in [0.1, 0.15) is 37.8 Å².